The largest absolute Gasteiger partial charge is 0.462 e. The predicted octanol–water partition coefficient (Wildman–Crippen LogP) is 6.48. The van der Waals surface area contributed by atoms with E-state index in [-0.39, 0.29) is 0 Å². The van der Waals surface area contributed by atoms with Crippen molar-refractivity contribution in [2.45, 2.75) is 29.4 Å². The van der Waals surface area contributed by atoms with E-state index in [4.69, 9.17) is 9.15 Å². The van der Waals surface area contributed by atoms with Crippen molar-refractivity contribution < 1.29 is 22.3 Å². The Bertz CT molecular complexity index is 1770. The summed E-state index contributed by atoms with van der Waals surface area (Å²) in [5.74, 6) is 6.31. The molecule has 0 unspecified atom stereocenters. The van der Waals surface area contributed by atoms with Gasteiger partial charge in [0.1, 0.15) is 6.26 Å². The van der Waals surface area contributed by atoms with Gasteiger partial charge in [0.15, 0.2) is 5.58 Å². The lowest BCUT2D eigenvalue weighted by Gasteiger charge is -2.27. The van der Waals surface area contributed by atoms with Crippen molar-refractivity contribution in [3.8, 4) is 11.8 Å². The second-order valence-corrected chi connectivity index (χ2v) is 10.7. The van der Waals surface area contributed by atoms with Crippen molar-refractivity contribution in [2.75, 3.05) is 26.3 Å². The Morgan fingerprint density at radius 2 is 1.77 bits per heavy atom. The van der Waals surface area contributed by atoms with Gasteiger partial charge in [0.25, 0.3) is 0 Å². The summed E-state index contributed by atoms with van der Waals surface area (Å²) < 4.78 is 52.5. The number of rotatable bonds is 4. The summed E-state index contributed by atoms with van der Waals surface area (Å²) in [6.45, 7) is 4.95. The molecule has 202 valence electrons. The molecule has 40 heavy (non-hydrogen) atoms. The van der Waals surface area contributed by atoms with Crippen LogP contribution in [0.15, 0.2) is 75.6 Å². The van der Waals surface area contributed by atoms with E-state index < -0.39 is 11.7 Å². The first-order valence-electron chi connectivity index (χ1n) is 12.6. The van der Waals surface area contributed by atoms with E-state index in [2.05, 4.69) is 31.9 Å². The number of fused-ring (bicyclic) bond motifs is 2. The Morgan fingerprint density at radius 1 is 0.950 bits per heavy atom. The summed E-state index contributed by atoms with van der Waals surface area (Å²) in [5, 5.41) is 10.5. The van der Waals surface area contributed by atoms with Crippen LogP contribution in [0.25, 0.3) is 21.7 Å². The number of hydrogen-bond donors (Lipinski definition) is 0. The van der Waals surface area contributed by atoms with E-state index >= 15 is 0 Å². The summed E-state index contributed by atoms with van der Waals surface area (Å²) >= 11 is 1.22. The molecule has 6 nitrogen and oxygen atoms in total. The van der Waals surface area contributed by atoms with E-state index in [1.165, 1.54) is 23.9 Å². The number of aryl methyl sites for hydroxylation is 1. The fraction of sp³-hybridized carbons (Fsp3) is 0.233. The van der Waals surface area contributed by atoms with Crippen molar-refractivity contribution in [1.82, 2.24) is 20.1 Å². The van der Waals surface area contributed by atoms with Gasteiger partial charge in [-0.1, -0.05) is 23.6 Å². The van der Waals surface area contributed by atoms with Gasteiger partial charge in [0.2, 0.25) is 0 Å². The van der Waals surface area contributed by atoms with Crippen molar-refractivity contribution >= 4 is 33.5 Å². The Labute approximate surface area is 232 Å². The van der Waals surface area contributed by atoms with Crippen LogP contribution in [0.4, 0.5) is 13.2 Å². The molecule has 5 aromatic rings. The average Bonchev–Trinajstić information content (AvgIpc) is 3.35. The lowest BCUT2D eigenvalue weighted by molar-refractivity contribution is -0.137. The Balaban J connectivity index is 1.31. The normalized spacial score (nSPS) is 14.4. The minimum Gasteiger partial charge on any atom is -0.462 e. The average molecular weight is 561 g/mol. The molecule has 1 aliphatic heterocycles. The molecule has 10 heteroatoms. The molecule has 4 heterocycles. The van der Waals surface area contributed by atoms with Gasteiger partial charge in [-0.25, -0.2) is 0 Å². The summed E-state index contributed by atoms with van der Waals surface area (Å²) in [4.78, 5) is 7.57. The van der Waals surface area contributed by atoms with Gasteiger partial charge in [-0.3, -0.25) is 9.88 Å². The van der Waals surface area contributed by atoms with Crippen LogP contribution in [-0.4, -0.2) is 46.4 Å². The molecule has 6 rings (SSSR count). The first-order chi connectivity index (χ1) is 19.3. The van der Waals surface area contributed by atoms with E-state index in [9.17, 15) is 13.2 Å². The smallest absolute Gasteiger partial charge is 0.416 e. The van der Waals surface area contributed by atoms with Crippen LogP contribution in [0.1, 0.15) is 27.8 Å². The second-order valence-electron chi connectivity index (χ2n) is 9.55. The number of furan rings is 1. The minimum atomic E-state index is -4.45. The SMILES string of the molecule is Cc1cc(C#Cc2cncc3c(Sc4cc(CN5CCOCC5)cc(C(F)(F)F)c4)coc23)cc2cnncc12. The van der Waals surface area contributed by atoms with Crippen LogP contribution in [0.3, 0.4) is 0 Å². The van der Waals surface area contributed by atoms with Crippen LogP contribution in [0.2, 0.25) is 0 Å². The molecule has 1 saturated heterocycles. The molecule has 0 N–H and O–H groups in total. The van der Waals surface area contributed by atoms with E-state index in [0.29, 0.717) is 64.7 Å². The molecule has 0 spiro atoms. The zero-order valence-electron chi connectivity index (χ0n) is 21.5. The molecule has 2 aromatic carbocycles. The van der Waals surface area contributed by atoms with Crippen molar-refractivity contribution in [2.24, 2.45) is 0 Å². The van der Waals surface area contributed by atoms with Gasteiger partial charge >= 0.3 is 6.18 Å². The molecule has 0 bridgehead atoms. The quantitative estimate of drug-likeness (QED) is 0.233. The van der Waals surface area contributed by atoms with Crippen molar-refractivity contribution in [1.29, 1.82) is 0 Å². The highest BCUT2D eigenvalue weighted by Crippen LogP contribution is 2.39. The number of alkyl halides is 3. The summed E-state index contributed by atoms with van der Waals surface area (Å²) in [6, 6.07) is 8.14. The number of aromatic nitrogens is 3. The van der Waals surface area contributed by atoms with Gasteiger partial charge < -0.3 is 9.15 Å². The third kappa shape index (κ3) is 5.68. The Kier molecular flexibility index (Phi) is 7.19. The number of benzene rings is 2. The highest BCUT2D eigenvalue weighted by molar-refractivity contribution is 7.99. The Hall–Kier alpha value is -3.91. The maximum absolute atomic E-state index is 13.8. The zero-order valence-corrected chi connectivity index (χ0v) is 22.3. The highest BCUT2D eigenvalue weighted by atomic mass is 32.2. The lowest BCUT2D eigenvalue weighted by Crippen LogP contribution is -2.35. The summed E-state index contributed by atoms with van der Waals surface area (Å²) in [5.41, 5.74) is 2.91. The maximum Gasteiger partial charge on any atom is 0.416 e. The van der Waals surface area contributed by atoms with Gasteiger partial charge in [0.05, 0.1) is 47.0 Å². The van der Waals surface area contributed by atoms with E-state index in [1.807, 2.05) is 19.1 Å². The number of nitrogens with zero attached hydrogens (tertiary/aromatic N) is 4. The zero-order chi connectivity index (χ0) is 27.7. The number of ether oxygens (including phenoxy) is 1. The molecular formula is C30H23F3N4O2S. The molecule has 0 saturated carbocycles. The standard InChI is InChI=1S/C30H23F3N4O2S/c1-19-8-20(9-23-14-35-36-16-26(19)23)2-3-22-13-34-15-27-28(18-39-29(22)27)40-25-11-21(10-24(12-25)30(31,32)33)17-37-4-6-38-7-5-37/h8-16,18H,4-7,17H2,1H3. The van der Waals surface area contributed by atoms with Gasteiger partial charge in [-0.05, 0) is 48.4 Å². The van der Waals surface area contributed by atoms with Crippen molar-refractivity contribution in [3.63, 3.8) is 0 Å². The first-order valence-corrected chi connectivity index (χ1v) is 13.4. The van der Waals surface area contributed by atoms with Crippen LogP contribution in [-0.2, 0) is 17.5 Å². The number of halogens is 3. The van der Waals surface area contributed by atoms with Gasteiger partial charge in [-0.2, -0.15) is 23.4 Å². The molecule has 3 aromatic heterocycles. The first kappa shape index (κ1) is 26.3. The third-order valence-electron chi connectivity index (χ3n) is 6.69. The number of pyridine rings is 1. The molecule has 1 aliphatic rings. The number of hydrogen-bond acceptors (Lipinski definition) is 7. The van der Waals surface area contributed by atoms with Crippen molar-refractivity contribution in [3.05, 3.63) is 89.2 Å². The molecular weight excluding hydrogens is 537 g/mol. The van der Waals surface area contributed by atoms with Gasteiger partial charge in [-0.15, -0.1) is 0 Å². The van der Waals surface area contributed by atoms with Crippen LogP contribution < -0.4 is 0 Å². The lowest BCUT2D eigenvalue weighted by atomic mass is 10.0. The van der Waals surface area contributed by atoms with E-state index in [1.54, 1.807) is 37.1 Å². The minimum absolute atomic E-state index is 0.426. The van der Waals surface area contributed by atoms with E-state index in [0.717, 1.165) is 21.9 Å². The van der Waals surface area contributed by atoms with Crippen LogP contribution in [0.5, 0.6) is 0 Å². The summed E-state index contributed by atoms with van der Waals surface area (Å²) in [6.07, 6.45) is 3.79. The third-order valence-corrected chi connectivity index (χ3v) is 7.70. The second kappa shape index (κ2) is 10.9. The monoisotopic (exact) mass is 560 g/mol. The number of morpholine rings is 1. The summed E-state index contributed by atoms with van der Waals surface area (Å²) in [7, 11) is 0. The van der Waals surface area contributed by atoms with Gasteiger partial charge in [0, 0.05) is 53.3 Å². The fourth-order valence-corrected chi connectivity index (χ4v) is 5.72. The highest BCUT2D eigenvalue weighted by Gasteiger charge is 2.31. The van der Waals surface area contributed by atoms with Crippen LogP contribution >= 0.6 is 11.8 Å². The molecule has 0 amide bonds. The molecule has 0 radical (unpaired) electrons. The molecule has 0 atom stereocenters. The molecule has 1 fully saturated rings. The topological polar surface area (TPSA) is 64.3 Å². The molecule has 0 aliphatic carbocycles. The Morgan fingerprint density at radius 3 is 2.60 bits per heavy atom. The van der Waals surface area contributed by atoms with Crippen LogP contribution in [0, 0.1) is 18.8 Å². The maximum atomic E-state index is 13.8. The fourth-order valence-electron chi connectivity index (χ4n) is 4.72. The predicted molar refractivity (Wildman–Crippen MR) is 146 cm³/mol.